The Hall–Kier alpha value is -2.41. The third-order valence-electron chi connectivity index (χ3n) is 7.67. The maximum absolute atomic E-state index is 13.0. The van der Waals surface area contributed by atoms with Crippen LogP contribution in [0, 0.1) is 11.8 Å². The quantitative estimate of drug-likeness (QED) is 0.740. The number of nitrogens with one attached hydrogen (secondary N) is 2. The van der Waals surface area contributed by atoms with Crippen molar-refractivity contribution in [1.82, 2.24) is 20.3 Å². The van der Waals surface area contributed by atoms with Gasteiger partial charge in [-0.15, -0.1) is 5.10 Å². The molecule has 0 spiro atoms. The summed E-state index contributed by atoms with van der Waals surface area (Å²) in [5, 5.41) is 12.1. The lowest BCUT2D eigenvalue weighted by Gasteiger charge is -2.46. The maximum Gasteiger partial charge on any atom is 0.229 e. The number of nitrogens with zero attached hydrogens (tertiary/aromatic N) is 3. The summed E-state index contributed by atoms with van der Waals surface area (Å²) in [6.07, 6.45) is 10.5. The number of quaternary nitrogens is 1. The highest BCUT2D eigenvalue weighted by Crippen LogP contribution is 2.29. The highest BCUT2D eigenvalue weighted by atomic mass is 16.5. The monoisotopic (exact) mass is 424 g/mol. The minimum Gasteiger partial charge on any atom is -0.497 e. The largest absolute Gasteiger partial charge is 0.497 e. The summed E-state index contributed by atoms with van der Waals surface area (Å²) in [5.74, 6) is 1.85. The van der Waals surface area contributed by atoms with Crippen LogP contribution in [0.3, 0.4) is 0 Å². The molecule has 1 aromatic heterocycles. The number of hydrogen-bond donors (Lipinski definition) is 2. The zero-order valence-electron chi connectivity index (χ0n) is 18.4. The number of carbonyl (C=O) groups excluding carboxylic acids is 1. The van der Waals surface area contributed by atoms with Crippen LogP contribution in [0.5, 0.6) is 5.75 Å². The molecule has 1 amide bonds. The zero-order valence-corrected chi connectivity index (χ0v) is 18.4. The fourth-order valence-electron chi connectivity index (χ4n) is 5.88. The molecule has 7 nitrogen and oxygen atoms in total. The zero-order chi connectivity index (χ0) is 21.2. The molecule has 3 saturated heterocycles. The smallest absolute Gasteiger partial charge is 0.229 e. The molecule has 4 atom stereocenters. The molecule has 6 rings (SSSR count). The molecule has 3 aliphatic heterocycles. The molecule has 4 fully saturated rings. The number of rotatable bonds is 6. The van der Waals surface area contributed by atoms with Gasteiger partial charge in [0.1, 0.15) is 17.5 Å². The van der Waals surface area contributed by atoms with Crippen LogP contribution in [0.15, 0.2) is 30.5 Å². The van der Waals surface area contributed by atoms with E-state index in [4.69, 9.17) is 4.74 Å². The molecule has 4 aliphatic rings. The average Bonchev–Trinajstić information content (AvgIpc) is 3.28. The first-order valence-electron chi connectivity index (χ1n) is 11.9. The number of carbonyl (C=O) groups is 1. The van der Waals surface area contributed by atoms with E-state index in [1.807, 2.05) is 35.1 Å². The molecule has 1 unspecified atom stereocenters. The van der Waals surface area contributed by atoms with Crippen LogP contribution >= 0.6 is 0 Å². The number of hydrogen-bond acceptors (Lipinski definition) is 4. The van der Waals surface area contributed by atoms with Crippen molar-refractivity contribution in [3.05, 3.63) is 30.5 Å². The summed E-state index contributed by atoms with van der Waals surface area (Å²) in [6.45, 7) is 3.00. The summed E-state index contributed by atoms with van der Waals surface area (Å²) in [5.41, 5.74) is 1.93. The summed E-state index contributed by atoms with van der Waals surface area (Å²) >= 11 is 0. The third-order valence-corrected chi connectivity index (χ3v) is 7.67. The van der Waals surface area contributed by atoms with Crippen LogP contribution in [0.4, 0.5) is 0 Å². The van der Waals surface area contributed by atoms with Gasteiger partial charge in [-0.05, 0) is 43.0 Å². The molecule has 1 saturated carbocycles. The van der Waals surface area contributed by atoms with Gasteiger partial charge in [0.2, 0.25) is 5.91 Å². The Morgan fingerprint density at radius 3 is 2.71 bits per heavy atom. The van der Waals surface area contributed by atoms with Gasteiger partial charge in [-0.2, -0.15) is 0 Å². The number of amides is 1. The molecule has 166 valence electrons. The third kappa shape index (κ3) is 4.47. The van der Waals surface area contributed by atoms with Crippen LogP contribution in [0.1, 0.15) is 44.9 Å². The second-order valence-electron chi connectivity index (χ2n) is 9.60. The van der Waals surface area contributed by atoms with Gasteiger partial charge in [-0.25, -0.2) is 4.68 Å². The maximum atomic E-state index is 13.0. The lowest BCUT2D eigenvalue weighted by Crippen LogP contribution is -3.20. The van der Waals surface area contributed by atoms with Crippen LogP contribution in [0.2, 0.25) is 0 Å². The predicted molar refractivity (Wildman–Crippen MR) is 118 cm³/mol. The van der Waals surface area contributed by atoms with Crippen molar-refractivity contribution in [2.24, 2.45) is 11.8 Å². The predicted octanol–water partition coefficient (Wildman–Crippen LogP) is 1.70. The number of methoxy groups -OCH3 is 1. The average molecular weight is 425 g/mol. The van der Waals surface area contributed by atoms with E-state index in [0.29, 0.717) is 23.9 Å². The molecular weight excluding hydrogens is 390 g/mol. The lowest BCUT2D eigenvalue weighted by atomic mass is 9.75. The van der Waals surface area contributed by atoms with Gasteiger partial charge in [0.25, 0.3) is 0 Å². The topological polar surface area (TPSA) is 73.5 Å². The highest BCUT2D eigenvalue weighted by molar-refractivity contribution is 5.79. The SMILES string of the molecule is COc1ccc(-c2cn(C[C@H]3C[C@@H]4CC[NH+]3C[C@@H]4C(=O)NC3CCCCC3)nn2)cc1. The number of ether oxygens (including phenoxy) is 1. The highest BCUT2D eigenvalue weighted by Gasteiger charge is 2.46. The Labute approximate surface area is 184 Å². The summed E-state index contributed by atoms with van der Waals surface area (Å²) in [6, 6.07) is 8.85. The van der Waals surface area contributed by atoms with E-state index in [2.05, 4.69) is 15.6 Å². The van der Waals surface area contributed by atoms with Crippen LogP contribution in [-0.4, -0.2) is 53.2 Å². The van der Waals surface area contributed by atoms with Gasteiger partial charge < -0.3 is 15.0 Å². The van der Waals surface area contributed by atoms with Crippen molar-refractivity contribution in [3.63, 3.8) is 0 Å². The van der Waals surface area contributed by atoms with E-state index in [1.54, 1.807) is 12.0 Å². The number of benzene rings is 1. The first-order chi connectivity index (χ1) is 15.2. The van der Waals surface area contributed by atoms with Crippen molar-refractivity contribution in [1.29, 1.82) is 0 Å². The molecule has 2 aromatic rings. The van der Waals surface area contributed by atoms with Crippen LogP contribution in [0.25, 0.3) is 11.3 Å². The first kappa shape index (κ1) is 20.5. The van der Waals surface area contributed by atoms with Crippen LogP contribution < -0.4 is 15.0 Å². The van der Waals surface area contributed by atoms with E-state index in [-0.39, 0.29) is 5.92 Å². The van der Waals surface area contributed by atoms with Gasteiger partial charge in [-0.3, -0.25) is 4.79 Å². The Morgan fingerprint density at radius 2 is 2.00 bits per heavy atom. The van der Waals surface area contributed by atoms with Crippen molar-refractivity contribution in [2.75, 3.05) is 20.2 Å². The number of fused-ring (bicyclic) bond motifs is 3. The lowest BCUT2D eigenvalue weighted by molar-refractivity contribution is -0.945. The Balaban J connectivity index is 1.19. The summed E-state index contributed by atoms with van der Waals surface area (Å²) in [7, 11) is 1.67. The molecule has 31 heavy (non-hydrogen) atoms. The van der Waals surface area contributed by atoms with Crippen molar-refractivity contribution >= 4 is 5.91 Å². The fourth-order valence-corrected chi connectivity index (χ4v) is 5.88. The molecule has 0 radical (unpaired) electrons. The fraction of sp³-hybridized carbons (Fsp3) is 0.625. The van der Waals surface area contributed by atoms with E-state index in [0.717, 1.165) is 49.4 Å². The number of piperidine rings is 3. The molecular formula is C24H34N5O2+. The second-order valence-corrected chi connectivity index (χ2v) is 9.60. The number of aromatic nitrogens is 3. The Kier molecular flexibility index (Phi) is 5.94. The molecule has 2 bridgehead atoms. The molecule has 7 heteroatoms. The summed E-state index contributed by atoms with van der Waals surface area (Å²) < 4.78 is 7.22. The molecule has 2 N–H and O–H groups in total. The van der Waals surface area contributed by atoms with E-state index >= 15 is 0 Å². The van der Waals surface area contributed by atoms with Gasteiger partial charge in [0.05, 0.1) is 38.9 Å². The first-order valence-corrected chi connectivity index (χ1v) is 11.9. The van der Waals surface area contributed by atoms with Gasteiger partial charge >= 0.3 is 0 Å². The Morgan fingerprint density at radius 1 is 1.19 bits per heavy atom. The normalized spacial score (nSPS) is 28.4. The molecule has 4 heterocycles. The summed E-state index contributed by atoms with van der Waals surface area (Å²) in [4.78, 5) is 14.5. The van der Waals surface area contributed by atoms with E-state index in [9.17, 15) is 4.79 Å². The van der Waals surface area contributed by atoms with Gasteiger partial charge in [0.15, 0.2) is 0 Å². The molecule has 1 aliphatic carbocycles. The van der Waals surface area contributed by atoms with Gasteiger partial charge in [0, 0.05) is 24.4 Å². The van der Waals surface area contributed by atoms with Crippen molar-refractivity contribution < 1.29 is 14.4 Å². The van der Waals surface area contributed by atoms with Crippen LogP contribution in [-0.2, 0) is 11.3 Å². The van der Waals surface area contributed by atoms with E-state index in [1.165, 1.54) is 32.2 Å². The minimum atomic E-state index is 0.188. The Bertz CT molecular complexity index is 890. The molecule has 1 aromatic carbocycles. The van der Waals surface area contributed by atoms with Gasteiger partial charge in [-0.1, -0.05) is 24.5 Å². The standard InChI is InChI=1S/C24H33N5O2/c1-31-21-9-7-17(8-10-21)23-16-29(27-26-23)14-20-13-18-11-12-28(20)15-22(18)24(30)25-19-5-3-2-4-6-19/h7-10,16,18-20,22H,2-6,11-15H2,1H3,(H,25,30)/p+1/t18-,20+,22-/m0/s1. The minimum absolute atomic E-state index is 0.188. The van der Waals surface area contributed by atoms with Crippen molar-refractivity contribution in [2.45, 2.75) is 63.6 Å². The van der Waals surface area contributed by atoms with Crippen molar-refractivity contribution in [3.8, 4) is 17.0 Å². The second kappa shape index (κ2) is 8.99. The van der Waals surface area contributed by atoms with E-state index < -0.39 is 0 Å².